The van der Waals surface area contributed by atoms with Gasteiger partial charge in [-0.05, 0) is 20.3 Å². The molecule has 0 bridgehead atoms. The first-order valence-electron chi connectivity index (χ1n) is 4.92. The summed E-state index contributed by atoms with van der Waals surface area (Å²) in [6, 6.07) is 0. The lowest BCUT2D eigenvalue weighted by Gasteiger charge is -2.06. The molecule has 2 N–H and O–H groups in total. The van der Waals surface area contributed by atoms with E-state index < -0.39 is 5.97 Å². The summed E-state index contributed by atoms with van der Waals surface area (Å²) >= 11 is 0. The summed E-state index contributed by atoms with van der Waals surface area (Å²) in [7, 11) is 0. The number of carboxylic acid groups (broad SMARTS) is 1. The molecule has 0 saturated carbocycles. The van der Waals surface area contributed by atoms with Crippen LogP contribution in [0.4, 0.5) is 0 Å². The Morgan fingerprint density at radius 2 is 2.00 bits per heavy atom. The second kappa shape index (κ2) is 7.50. The van der Waals surface area contributed by atoms with Crippen LogP contribution in [0.3, 0.4) is 0 Å². The van der Waals surface area contributed by atoms with Gasteiger partial charge in [0.1, 0.15) is 0 Å². The van der Waals surface area contributed by atoms with E-state index in [4.69, 9.17) is 9.84 Å². The van der Waals surface area contributed by atoms with Gasteiger partial charge in [-0.1, -0.05) is 6.58 Å². The highest BCUT2D eigenvalue weighted by atomic mass is 16.5. The Balaban J connectivity index is 4.02. The van der Waals surface area contributed by atoms with E-state index in [-0.39, 0.29) is 17.1 Å². The van der Waals surface area contributed by atoms with Crippen molar-refractivity contribution in [1.82, 2.24) is 5.32 Å². The van der Waals surface area contributed by atoms with Crippen LogP contribution in [0.15, 0.2) is 24.0 Å². The highest BCUT2D eigenvalue weighted by Gasteiger charge is 2.11. The topological polar surface area (TPSA) is 75.6 Å². The number of carbonyl (C=O) groups excluding carboxylic acids is 1. The van der Waals surface area contributed by atoms with E-state index in [1.165, 1.54) is 20.1 Å². The summed E-state index contributed by atoms with van der Waals surface area (Å²) in [5.41, 5.74) is 0.275. The average molecular weight is 227 g/mol. The van der Waals surface area contributed by atoms with Gasteiger partial charge in [-0.2, -0.15) is 0 Å². The number of hydrogen-bond acceptors (Lipinski definition) is 3. The Bertz CT molecular complexity index is 307. The normalized spacial score (nSPS) is 11.4. The maximum atomic E-state index is 11.4. The summed E-state index contributed by atoms with van der Waals surface area (Å²) < 4.78 is 4.87. The van der Waals surface area contributed by atoms with Crippen LogP contribution in [-0.4, -0.2) is 30.1 Å². The van der Waals surface area contributed by atoms with Gasteiger partial charge in [0.2, 0.25) is 5.91 Å². The monoisotopic (exact) mass is 227 g/mol. The van der Waals surface area contributed by atoms with Crippen LogP contribution in [0.1, 0.15) is 20.3 Å². The second-order valence-corrected chi connectivity index (χ2v) is 3.20. The quantitative estimate of drug-likeness (QED) is 0.387. The van der Waals surface area contributed by atoms with Gasteiger partial charge in [-0.3, -0.25) is 4.79 Å². The molecule has 0 aromatic rings. The fourth-order valence-corrected chi connectivity index (χ4v) is 0.904. The van der Waals surface area contributed by atoms with Gasteiger partial charge in [0.25, 0.3) is 0 Å². The molecule has 0 saturated heterocycles. The fourth-order valence-electron chi connectivity index (χ4n) is 0.904. The third-order valence-electron chi connectivity index (χ3n) is 2.07. The Morgan fingerprint density at radius 3 is 2.50 bits per heavy atom. The largest absolute Gasteiger partial charge is 0.502 e. The van der Waals surface area contributed by atoms with E-state index in [1.54, 1.807) is 0 Å². The summed E-state index contributed by atoms with van der Waals surface area (Å²) in [6.07, 6.45) is 1.98. The second-order valence-electron chi connectivity index (χ2n) is 3.20. The molecule has 0 aliphatic heterocycles. The van der Waals surface area contributed by atoms with Crippen LogP contribution >= 0.6 is 0 Å². The molecule has 0 aromatic heterocycles. The van der Waals surface area contributed by atoms with Gasteiger partial charge in [0.15, 0.2) is 0 Å². The van der Waals surface area contributed by atoms with E-state index in [1.807, 2.05) is 0 Å². The van der Waals surface area contributed by atoms with Crippen molar-refractivity contribution in [3.8, 4) is 0 Å². The van der Waals surface area contributed by atoms with E-state index >= 15 is 0 Å². The number of nitrogens with one attached hydrogen (secondary N) is 1. The molecule has 0 rings (SSSR count). The van der Waals surface area contributed by atoms with Crippen LogP contribution in [0.5, 0.6) is 0 Å². The molecule has 0 fully saturated rings. The molecule has 5 nitrogen and oxygen atoms in total. The third kappa shape index (κ3) is 5.19. The molecular weight excluding hydrogens is 210 g/mol. The molecule has 0 unspecified atom stereocenters. The highest BCUT2D eigenvalue weighted by molar-refractivity contribution is 6.01. The van der Waals surface area contributed by atoms with Crippen molar-refractivity contribution < 1.29 is 19.4 Å². The predicted octanol–water partition coefficient (Wildman–Crippen LogP) is 1.07. The minimum atomic E-state index is -1.08. The van der Waals surface area contributed by atoms with E-state index in [0.29, 0.717) is 19.6 Å². The molecule has 0 aromatic carbocycles. The lowest BCUT2D eigenvalue weighted by molar-refractivity contribution is -0.133. The molecule has 5 heteroatoms. The van der Waals surface area contributed by atoms with Gasteiger partial charge in [0.05, 0.1) is 12.9 Å². The molecule has 1 amide bonds. The molecule has 0 spiro atoms. The maximum absolute atomic E-state index is 11.4. The van der Waals surface area contributed by atoms with Crippen LogP contribution in [0, 0.1) is 0 Å². The lowest BCUT2D eigenvalue weighted by atomic mass is 10.1. The van der Waals surface area contributed by atoms with Crippen molar-refractivity contribution in [3.05, 3.63) is 24.0 Å². The Hall–Kier alpha value is -1.78. The van der Waals surface area contributed by atoms with Gasteiger partial charge >= 0.3 is 5.97 Å². The van der Waals surface area contributed by atoms with Crippen LogP contribution in [0.2, 0.25) is 0 Å². The minimum absolute atomic E-state index is 0.0554. The number of carbonyl (C=O) groups is 2. The van der Waals surface area contributed by atoms with Gasteiger partial charge in [0, 0.05) is 17.7 Å². The zero-order chi connectivity index (χ0) is 12.6. The Labute approximate surface area is 94.8 Å². The SMILES string of the molecule is C=COCCCNC(=O)C(C)=C(C)C(=O)O. The number of amides is 1. The van der Waals surface area contributed by atoms with Crippen molar-refractivity contribution in [1.29, 1.82) is 0 Å². The summed E-state index contributed by atoms with van der Waals surface area (Å²) in [5, 5.41) is 11.3. The van der Waals surface area contributed by atoms with Crippen LogP contribution in [0.25, 0.3) is 0 Å². The van der Waals surface area contributed by atoms with E-state index in [0.717, 1.165) is 0 Å². The standard InChI is InChI=1S/C11H17NO4/c1-4-16-7-5-6-12-10(13)8(2)9(3)11(14)15/h4H,1,5-7H2,2-3H3,(H,12,13)(H,14,15). The van der Waals surface area contributed by atoms with Crippen molar-refractivity contribution in [2.75, 3.05) is 13.2 Å². The zero-order valence-corrected chi connectivity index (χ0v) is 9.58. The molecule has 0 aliphatic rings. The fraction of sp³-hybridized carbons (Fsp3) is 0.455. The summed E-state index contributed by atoms with van der Waals surface area (Å²) in [6.45, 7) is 7.19. The predicted molar refractivity (Wildman–Crippen MR) is 59.8 cm³/mol. The van der Waals surface area contributed by atoms with Crippen LogP contribution < -0.4 is 5.32 Å². The molecule has 0 heterocycles. The smallest absolute Gasteiger partial charge is 0.331 e. The van der Waals surface area contributed by atoms with Gasteiger partial charge < -0.3 is 15.2 Å². The van der Waals surface area contributed by atoms with Crippen molar-refractivity contribution in [2.45, 2.75) is 20.3 Å². The summed E-state index contributed by atoms with van der Waals surface area (Å²) in [5.74, 6) is -1.44. The van der Waals surface area contributed by atoms with Crippen molar-refractivity contribution in [2.24, 2.45) is 0 Å². The van der Waals surface area contributed by atoms with E-state index in [2.05, 4.69) is 11.9 Å². The molecule has 0 radical (unpaired) electrons. The first kappa shape index (κ1) is 14.2. The number of hydrogen-bond donors (Lipinski definition) is 2. The molecule has 0 atom stereocenters. The molecule has 0 aliphatic carbocycles. The van der Waals surface area contributed by atoms with Crippen LogP contribution in [-0.2, 0) is 14.3 Å². The van der Waals surface area contributed by atoms with Crippen molar-refractivity contribution in [3.63, 3.8) is 0 Å². The first-order valence-corrected chi connectivity index (χ1v) is 4.92. The zero-order valence-electron chi connectivity index (χ0n) is 9.58. The number of ether oxygens (including phenoxy) is 1. The Kier molecular flexibility index (Phi) is 6.67. The van der Waals surface area contributed by atoms with Gasteiger partial charge in [-0.25, -0.2) is 4.79 Å². The minimum Gasteiger partial charge on any atom is -0.502 e. The summed E-state index contributed by atoms with van der Waals surface area (Å²) in [4.78, 5) is 22.0. The number of carboxylic acids is 1. The number of rotatable bonds is 7. The lowest BCUT2D eigenvalue weighted by Crippen LogP contribution is -2.27. The average Bonchev–Trinajstić information content (AvgIpc) is 2.26. The molecule has 16 heavy (non-hydrogen) atoms. The first-order chi connectivity index (χ1) is 7.50. The van der Waals surface area contributed by atoms with E-state index in [9.17, 15) is 9.59 Å². The number of aliphatic carboxylic acids is 1. The van der Waals surface area contributed by atoms with Crippen molar-refractivity contribution >= 4 is 11.9 Å². The highest BCUT2D eigenvalue weighted by Crippen LogP contribution is 2.03. The maximum Gasteiger partial charge on any atom is 0.331 e. The molecular formula is C11H17NO4. The van der Waals surface area contributed by atoms with Gasteiger partial charge in [-0.15, -0.1) is 0 Å². The Morgan fingerprint density at radius 1 is 1.38 bits per heavy atom. The molecule has 90 valence electrons. The third-order valence-corrected chi connectivity index (χ3v) is 2.07.